The van der Waals surface area contributed by atoms with E-state index < -0.39 is 5.25 Å². The van der Waals surface area contributed by atoms with E-state index in [0.29, 0.717) is 52.7 Å². The Labute approximate surface area is 246 Å². The molecule has 2 aromatic carbocycles. The maximum Gasteiger partial charge on any atom is 0.272 e. The molecule has 1 saturated heterocycles. The van der Waals surface area contributed by atoms with Crippen LogP contribution in [0.4, 0.5) is 5.69 Å². The minimum absolute atomic E-state index is 0.0669. The number of aromatic nitrogens is 2. The summed E-state index contributed by atoms with van der Waals surface area (Å²) in [4.78, 5) is 44.5. The van der Waals surface area contributed by atoms with Crippen LogP contribution >= 0.6 is 23.1 Å². The standard InChI is InChI=1S/C30H34N4O5S2/c1-3-23(28(36)32-19-9-6-10-20(17-19)38-2)41-30-33-26-22-12-4-5-13-24(22)40-27(26)29(37)34(30)15-7-14-25(35)31-18-21-11-8-16-39-21/h4-6,9-10,12-13,17,21,23H,3,7-8,11,14-16,18H2,1-2H3,(H,31,35)(H,32,36)/t21-,23+/m1/s1. The molecule has 0 aliphatic carbocycles. The van der Waals surface area contributed by atoms with Gasteiger partial charge < -0.3 is 20.1 Å². The maximum absolute atomic E-state index is 13.8. The second kappa shape index (κ2) is 13.5. The van der Waals surface area contributed by atoms with Crippen LogP contribution in [-0.2, 0) is 20.9 Å². The molecule has 0 bridgehead atoms. The summed E-state index contributed by atoms with van der Waals surface area (Å²) >= 11 is 2.70. The van der Waals surface area contributed by atoms with Crippen molar-refractivity contribution in [1.29, 1.82) is 0 Å². The number of fused-ring (bicyclic) bond motifs is 3. The fraction of sp³-hybridized carbons (Fsp3) is 0.400. The van der Waals surface area contributed by atoms with E-state index in [4.69, 9.17) is 14.5 Å². The molecule has 11 heteroatoms. The van der Waals surface area contributed by atoms with E-state index in [1.54, 1.807) is 23.8 Å². The van der Waals surface area contributed by atoms with Gasteiger partial charge in [0.25, 0.3) is 5.56 Å². The molecule has 1 aliphatic rings. The first-order valence-electron chi connectivity index (χ1n) is 13.9. The average molecular weight is 595 g/mol. The Morgan fingerprint density at radius 2 is 2.10 bits per heavy atom. The van der Waals surface area contributed by atoms with E-state index in [-0.39, 0.29) is 29.9 Å². The number of carbonyl (C=O) groups is 2. The Bertz CT molecular complexity index is 1600. The molecule has 0 spiro atoms. The van der Waals surface area contributed by atoms with Gasteiger partial charge in [0.15, 0.2) is 5.16 Å². The summed E-state index contributed by atoms with van der Waals surface area (Å²) in [6.07, 6.45) is 3.34. The summed E-state index contributed by atoms with van der Waals surface area (Å²) in [6.45, 7) is 3.50. The highest BCUT2D eigenvalue weighted by atomic mass is 32.2. The van der Waals surface area contributed by atoms with Gasteiger partial charge in [0.05, 0.1) is 24.0 Å². The normalized spacial score (nSPS) is 15.7. The van der Waals surface area contributed by atoms with Crippen molar-refractivity contribution in [2.24, 2.45) is 0 Å². The van der Waals surface area contributed by atoms with Crippen LogP contribution in [0, 0.1) is 0 Å². The molecule has 1 aliphatic heterocycles. The van der Waals surface area contributed by atoms with Gasteiger partial charge in [-0.1, -0.05) is 43.0 Å². The number of anilines is 1. The largest absolute Gasteiger partial charge is 0.497 e. The molecular weight excluding hydrogens is 560 g/mol. The summed E-state index contributed by atoms with van der Waals surface area (Å²) in [7, 11) is 1.58. The number of benzene rings is 2. The zero-order valence-corrected chi connectivity index (χ0v) is 24.8. The van der Waals surface area contributed by atoms with E-state index in [1.165, 1.54) is 23.1 Å². The van der Waals surface area contributed by atoms with Crippen molar-refractivity contribution in [2.45, 2.75) is 62.1 Å². The number of thioether (sulfide) groups is 1. The van der Waals surface area contributed by atoms with Crippen molar-refractivity contribution in [2.75, 3.05) is 25.6 Å². The van der Waals surface area contributed by atoms with Crippen molar-refractivity contribution in [3.8, 4) is 5.75 Å². The number of hydrogen-bond acceptors (Lipinski definition) is 8. The molecular formula is C30H34N4O5S2. The maximum atomic E-state index is 13.8. The number of methoxy groups -OCH3 is 1. The zero-order valence-electron chi connectivity index (χ0n) is 23.2. The molecule has 4 aromatic rings. The van der Waals surface area contributed by atoms with E-state index in [1.807, 2.05) is 43.3 Å². The van der Waals surface area contributed by atoms with Gasteiger partial charge in [-0.05, 0) is 43.9 Å². The molecule has 216 valence electrons. The van der Waals surface area contributed by atoms with Crippen LogP contribution in [0.3, 0.4) is 0 Å². The molecule has 2 aromatic heterocycles. The Balaban J connectivity index is 1.37. The second-order valence-electron chi connectivity index (χ2n) is 9.91. The molecule has 0 unspecified atom stereocenters. The van der Waals surface area contributed by atoms with Crippen LogP contribution in [0.2, 0.25) is 0 Å². The number of thiophene rings is 1. The molecule has 9 nitrogen and oxygen atoms in total. The van der Waals surface area contributed by atoms with E-state index in [0.717, 1.165) is 29.5 Å². The highest BCUT2D eigenvalue weighted by Crippen LogP contribution is 2.33. The van der Waals surface area contributed by atoms with Crippen molar-refractivity contribution in [1.82, 2.24) is 14.9 Å². The third kappa shape index (κ3) is 6.91. The smallest absolute Gasteiger partial charge is 0.272 e. The van der Waals surface area contributed by atoms with Crippen LogP contribution in [0.5, 0.6) is 5.75 Å². The quantitative estimate of drug-likeness (QED) is 0.171. The van der Waals surface area contributed by atoms with Crippen molar-refractivity contribution in [3.63, 3.8) is 0 Å². The number of nitrogens with zero attached hydrogens (tertiary/aromatic N) is 2. The average Bonchev–Trinajstić information content (AvgIpc) is 3.64. The molecule has 3 heterocycles. The summed E-state index contributed by atoms with van der Waals surface area (Å²) in [5.41, 5.74) is 1.13. The number of carbonyl (C=O) groups excluding carboxylic acids is 2. The Kier molecular flexibility index (Phi) is 9.58. The van der Waals surface area contributed by atoms with Crippen molar-refractivity contribution in [3.05, 3.63) is 58.9 Å². The lowest BCUT2D eigenvalue weighted by atomic mass is 10.2. The van der Waals surface area contributed by atoms with Gasteiger partial charge in [0.2, 0.25) is 11.8 Å². The first-order chi connectivity index (χ1) is 20.0. The van der Waals surface area contributed by atoms with Crippen molar-refractivity contribution < 1.29 is 19.1 Å². The number of nitrogens with one attached hydrogen (secondary N) is 2. The second-order valence-corrected chi connectivity index (χ2v) is 12.1. The fourth-order valence-electron chi connectivity index (χ4n) is 4.83. The Morgan fingerprint density at radius 1 is 1.24 bits per heavy atom. The lowest BCUT2D eigenvalue weighted by molar-refractivity contribution is -0.121. The fourth-order valence-corrected chi connectivity index (χ4v) is 6.96. The zero-order chi connectivity index (χ0) is 28.8. The predicted molar refractivity (Wildman–Crippen MR) is 164 cm³/mol. The summed E-state index contributed by atoms with van der Waals surface area (Å²) in [5, 5.41) is 6.80. The summed E-state index contributed by atoms with van der Waals surface area (Å²) in [6, 6.07) is 15.0. The Hall–Kier alpha value is -3.41. The van der Waals surface area contributed by atoms with Gasteiger partial charge in [0, 0.05) is 48.0 Å². The lowest BCUT2D eigenvalue weighted by Crippen LogP contribution is -2.32. The molecule has 1 fully saturated rings. The number of rotatable bonds is 12. The summed E-state index contributed by atoms with van der Waals surface area (Å²) < 4.78 is 14.0. The van der Waals surface area contributed by atoms with Gasteiger partial charge in [0.1, 0.15) is 10.4 Å². The topological polar surface area (TPSA) is 112 Å². The van der Waals surface area contributed by atoms with E-state index >= 15 is 0 Å². The molecule has 2 atom stereocenters. The molecule has 0 radical (unpaired) electrons. The summed E-state index contributed by atoms with van der Waals surface area (Å²) in [5.74, 6) is 0.395. The van der Waals surface area contributed by atoms with Gasteiger partial charge in [-0.25, -0.2) is 4.98 Å². The SMILES string of the molecule is CC[C@H](Sc1nc2c(sc3ccccc32)c(=O)n1CCCC(=O)NC[C@H]1CCCO1)C(=O)Nc1cccc(OC)c1. The number of hydrogen-bond donors (Lipinski definition) is 2. The van der Waals surface area contributed by atoms with Gasteiger partial charge in [-0.15, -0.1) is 11.3 Å². The first-order valence-corrected chi connectivity index (χ1v) is 15.6. The van der Waals surface area contributed by atoms with Crippen LogP contribution in [0.15, 0.2) is 58.5 Å². The van der Waals surface area contributed by atoms with Gasteiger partial charge in [-0.3, -0.25) is 19.0 Å². The molecule has 41 heavy (non-hydrogen) atoms. The monoisotopic (exact) mass is 594 g/mol. The van der Waals surface area contributed by atoms with Crippen LogP contribution in [-0.4, -0.2) is 53.0 Å². The van der Waals surface area contributed by atoms with Crippen LogP contribution < -0.4 is 20.9 Å². The third-order valence-corrected chi connectivity index (χ3v) is 9.53. The highest BCUT2D eigenvalue weighted by molar-refractivity contribution is 8.00. The molecule has 0 saturated carbocycles. The van der Waals surface area contributed by atoms with Gasteiger partial charge in [-0.2, -0.15) is 0 Å². The minimum Gasteiger partial charge on any atom is -0.497 e. The Morgan fingerprint density at radius 3 is 2.88 bits per heavy atom. The number of amides is 2. The highest BCUT2D eigenvalue weighted by Gasteiger charge is 2.24. The molecule has 2 amide bonds. The lowest BCUT2D eigenvalue weighted by Gasteiger charge is -2.18. The van der Waals surface area contributed by atoms with Crippen LogP contribution in [0.1, 0.15) is 39.0 Å². The number of ether oxygens (including phenoxy) is 2. The first kappa shape index (κ1) is 29.1. The van der Waals surface area contributed by atoms with E-state index in [9.17, 15) is 14.4 Å². The van der Waals surface area contributed by atoms with Crippen molar-refractivity contribution >= 4 is 60.9 Å². The molecule has 5 rings (SSSR count). The molecule has 2 N–H and O–H groups in total. The van der Waals surface area contributed by atoms with Gasteiger partial charge >= 0.3 is 0 Å². The van der Waals surface area contributed by atoms with Crippen LogP contribution in [0.25, 0.3) is 20.3 Å². The predicted octanol–water partition coefficient (Wildman–Crippen LogP) is 5.20. The minimum atomic E-state index is -0.489. The van der Waals surface area contributed by atoms with E-state index in [2.05, 4.69) is 10.6 Å². The third-order valence-electron chi connectivity index (χ3n) is 7.03.